The van der Waals surface area contributed by atoms with Gasteiger partial charge in [0.15, 0.2) is 0 Å². The number of aromatic nitrogens is 3. The van der Waals surface area contributed by atoms with Crippen molar-refractivity contribution in [2.24, 2.45) is 0 Å². The zero-order chi connectivity index (χ0) is 17.2. The predicted octanol–water partition coefficient (Wildman–Crippen LogP) is 3.44. The van der Waals surface area contributed by atoms with Crippen molar-refractivity contribution in [3.05, 3.63) is 54.3 Å². The Morgan fingerprint density at radius 1 is 1.08 bits per heavy atom. The number of carbonyl (C=O) groups is 1. The van der Waals surface area contributed by atoms with Crippen molar-refractivity contribution in [1.29, 1.82) is 0 Å². The van der Waals surface area contributed by atoms with Crippen molar-refractivity contribution in [3.63, 3.8) is 0 Å². The Hall–Kier alpha value is -2.96. The third kappa shape index (κ3) is 3.17. The van der Waals surface area contributed by atoms with Crippen LogP contribution in [0.3, 0.4) is 0 Å². The molecule has 1 aromatic heterocycles. The second-order valence-corrected chi connectivity index (χ2v) is 6.18. The van der Waals surface area contributed by atoms with Crippen LogP contribution < -0.4 is 5.32 Å². The lowest BCUT2D eigenvalue weighted by Crippen LogP contribution is -2.41. The molecule has 0 unspecified atom stereocenters. The molecule has 0 atom stereocenters. The van der Waals surface area contributed by atoms with Gasteiger partial charge in [-0.15, -0.1) is 5.10 Å². The number of anilines is 1. The fourth-order valence-electron chi connectivity index (χ4n) is 3.21. The zero-order valence-corrected chi connectivity index (χ0v) is 13.6. The van der Waals surface area contributed by atoms with Crippen molar-refractivity contribution in [1.82, 2.24) is 19.9 Å². The average molecular weight is 339 g/mol. The van der Waals surface area contributed by atoms with Crippen molar-refractivity contribution < 1.29 is 9.18 Å². The van der Waals surface area contributed by atoms with Gasteiger partial charge in [0.05, 0.1) is 11.6 Å². The molecule has 128 valence electrons. The number of para-hydroxylation sites is 1. The second-order valence-electron chi connectivity index (χ2n) is 6.18. The van der Waals surface area contributed by atoms with Gasteiger partial charge in [0.1, 0.15) is 11.3 Å². The van der Waals surface area contributed by atoms with Crippen LogP contribution in [-0.2, 0) is 0 Å². The van der Waals surface area contributed by atoms with E-state index >= 15 is 0 Å². The molecule has 1 saturated heterocycles. The number of carbonyl (C=O) groups excluding carboxylic acids is 1. The summed E-state index contributed by atoms with van der Waals surface area (Å²) in [6.07, 6.45) is 1.65. The summed E-state index contributed by atoms with van der Waals surface area (Å²) in [6, 6.07) is 13.7. The summed E-state index contributed by atoms with van der Waals surface area (Å²) in [5, 5.41) is 11.3. The third-order valence-corrected chi connectivity index (χ3v) is 4.57. The van der Waals surface area contributed by atoms with E-state index < -0.39 is 0 Å². The number of nitrogens with zero attached hydrogens (tertiary/aromatic N) is 4. The summed E-state index contributed by atoms with van der Waals surface area (Å²) in [7, 11) is 0. The molecule has 7 heteroatoms. The molecule has 2 aromatic carbocycles. The molecule has 1 N–H and O–H groups in total. The molecule has 4 rings (SSSR count). The van der Waals surface area contributed by atoms with Gasteiger partial charge in [-0.05, 0) is 49.2 Å². The Bertz CT molecular complexity index is 884. The van der Waals surface area contributed by atoms with Crippen LogP contribution in [0.4, 0.5) is 14.9 Å². The zero-order valence-electron chi connectivity index (χ0n) is 13.6. The molecule has 3 aromatic rings. The molecule has 25 heavy (non-hydrogen) atoms. The van der Waals surface area contributed by atoms with Gasteiger partial charge in [0.2, 0.25) is 0 Å². The van der Waals surface area contributed by atoms with Crippen LogP contribution in [0.1, 0.15) is 18.9 Å². The number of nitrogens with one attached hydrogen (secondary N) is 1. The minimum absolute atomic E-state index is 0.159. The molecule has 0 saturated carbocycles. The van der Waals surface area contributed by atoms with Crippen LogP contribution >= 0.6 is 0 Å². The quantitative estimate of drug-likeness (QED) is 0.778. The largest absolute Gasteiger partial charge is 0.324 e. The normalized spacial score (nSPS) is 15.5. The van der Waals surface area contributed by atoms with E-state index in [0.29, 0.717) is 18.8 Å². The van der Waals surface area contributed by atoms with Gasteiger partial charge < -0.3 is 10.2 Å². The monoisotopic (exact) mass is 339 g/mol. The van der Waals surface area contributed by atoms with Crippen LogP contribution in [0.25, 0.3) is 11.0 Å². The van der Waals surface area contributed by atoms with E-state index in [0.717, 1.165) is 23.9 Å². The molecule has 1 aliphatic heterocycles. The van der Waals surface area contributed by atoms with Gasteiger partial charge in [-0.3, -0.25) is 0 Å². The van der Waals surface area contributed by atoms with Gasteiger partial charge in [-0.2, -0.15) is 0 Å². The van der Waals surface area contributed by atoms with Crippen LogP contribution in [-0.4, -0.2) is 39.0 Å². The van der Waals surface area contributed by atoms with Crippen LogP contribution in [0.15, 0.2) is 48.5 Å². The third-order valence-electron chi connectivity index (χ3n) is 4.57. The summed E-state index contributed by atoms with van der Waals surface area (Å²) < 4.78 is 14.9. The van der Waals surface area contributed by atoms with Gasteiger partial charge in [-0.1, -0.05) is 17.3 Å². The number of likely N-dealkylation sites (tertiary alicyclic amines) is 1. The first-order valence-electron chi connectivity index (χ1n) is 8.32. The number of fused-ring (bicyclic) bond motifs is 1. The summed E-state index contributed by atoms with van der Waals surface area (Å²) in [5.74, 6) is -0.320. The topological polar surface area (TPSA) is 63.1 Å². The Labute approximate surface area is 144 Å². The molecule has 1 fully saturated rings. The van der Waals surface area contributed by atoms with Gasteiger partial charge in [0.25, 0.3) is 0 Å². The van der Waals surface area contributed by atoms with Crippen LogP contribution in [0.5, 0.6) is 0 Å². The standard InChI is InChI=1S/C18H18FN5O/c19-13-5-7-14(8-6-13)20-18(25)23-11-9-15(10-12-23)24-17-4-2-1-3-16(17)21-22-24/h1-8,15H,9-12H2,(H,20,25). The van der Waals surface area contributed by atoms with Gasteiger partial charge in [0, 0.05) is 18.8 Å². The van der Waals surface area contributed by atoms with Crippen LogP contribution in [0.2, 0.25) is 0 Å². The van der Waals surface area contributed by atoms with Crippen LogP contribution in [0, 0.1) is 5.82 Å². The highest BCUT2D eigenvalue weighted by atomic mass is 19.1. The maximum absolute atomic E-state index is 12.9. The number of rotatable bonds is 2. The fraction of sp³-hybridized carbons (Fsp3) is 0.278. The highest BCUT2D eigenvalue weighted by molar-refractivity contribution is 5.89. The van der Waals surface area contributed by atoms with Crippen molar-refractivity contribution in [3.8, 4) is 0 Å². The highest BCUT2D eigenvalue weighted by Gasteiger charge is 2.25. The van der Waals surface area contributed by atoms with Crippen molar-refractivity contribution in [2.75, 3.05) is 18.4 Å². The number of benzene rings is 2. The van der Waals surface area contributed by atoms with E-state index in [4.69, 9.17) is 0 Å². The lowest BCUT2D eigenvalue weighted by molar-refractivity contribution is 0.181. The first kappa shape index (κ1) is 15.6. The minimum Gasteiger partial charge on any atom is -0.324 e. The van der Waals surface area contributed by atoms with E-state index in [1.54, 1.807) is 17.0 Å². The first-order chi connectivity index (χ1) is 12.2. The summed E-state index contributed by atoms with van der Waals surface area (Å²) >= 11 is 0. The lowest BCUT2D eigenvalue weighted by Gasteiger charge is -2.32. The number of amides is 2. The number of halogens is 1. The Morgan fingerprint density at radius 3 is 2.56 bits per heavy atom. The number of hydrogen-bond donors (Lipinski definition) is 1. The molecule has 2 amide bonds. The summed E-state index contributed by atoms with van der Waals surface area (Å²) in [5.41, 5.74) is 2.51. The smallest absolute Gasteiger partial charge is 0.321 e. The molecular formula is C18H18FN5O. The maximum Gasteiger partial charge on any atom is 0.321 e. The molecule has 2 heterocycles. The Balaban J connectivity index is 1.39. The fourth-order valence-corrected chi connectivity index (χ4v) is 3.21. The van der Waals surface area contributed by atoms with E-state index in [2.05, 4.69) is 15.6 Å². The number of hydrogen-bond acceptors (Lipinski definition) is 3. The average Bonchev–Trinajstić information content (AvgIpc) is 3.08. The Morgan fingerprint density at radius 2 is 1.80 bits per heavy atom. The molecule has 0 spiro atoms. The van der Waals surface area contributed by atoms with Gasteiger partial charge >= 0.3 is 6.03 Å². The molecule has 0 aliphatic carbocycles. The second kappa shape index (κ2) is 6.51. The van der Waals surface area contributed by atoms with Crippen molar-refractivity contribution in [2.45, 2.75) is 18.9 Å². The summed E-state index contributed by atoms with van der Waals surface area (Å²) in [4.78, 5) is 14.1. The molecular weight excluding hydrogens is 321 g/mol. The van der Waals surface area contributed by atoms with E-state index in [9.17, 15) is 9.18 Å². The van der Waals surface area contributed by atoms with E-state index in [1.165, 1.54) is 12.1 Å². The highest BCUT2D eigenvalue weighted by Crippen LogP contribution is 2.25. The number of piperidine rings is 1. The van der Waals surface area contributed by atoms with E-state index in [-0.39, 0.29) is 17.9 Å². The maximum atomic E-state index is 12.9. The van der Waals surface area contributed by atoms with E-state index in [1.807, 2.05) is 28.9 Å². The minimum atomic E-state index is -0.320. The predicted molar refractivity (Wildman–Crippen MR) is 92.8 cm³/mol. The summed E-state index contributed by atoms with van der Waals surface area (Å²) in [6.45, 7) is 1.29. The molecule has 0 bridgehead atoms. The molecule has 0 radical (unpaired) electrons. The molecule has 1 aliphatic rings. The van der Waals surface area contributed by atoms with Crippen molar-refractivity contribution >= 4 is 22.8 Å². The van der Waals surface area contributed by atoms with Gasteiger partial charge in [-0.25, -0.2) is 13.9 Å². The Kier molecular flexibility index (Phi) is 4.05. The molecule has 6 nitrogen and oxygen atoms in total. The first-order valence-corrected chi connectivity index (χ1v) is 8.32. The lowest BCUT2D eigenvalue weighted by atomic mass is 10.1. The number of urea groups is 1. The SMILES string of the molecule is O=C(Nc1ccc(F)cc1)N1CCC(n2nnc3ccccc32)CC1.